The van der Waals surface area contributed by atoms with E-state index >= 15 is 0 Å². The number of sulfone groups is 1. The molecule has 1 aliphatic heterocycles. The first-order valence-electron chi connectivity index (χ1n) is 6.08. The van der Waals surface area contributed by atoms with Crippen molar-refractivity contribution in [3.05, 3.63) is 17.8 Å². The van der Waals surface area contributed by atoms with E-state index in [0.717, 1.165) is 0 Å². The van der Waals surface area contributed by atoms with Gasteiger partial charge in [-0.1, -0.05) is 0 Å². The number of ketones is 1. The summed E-state index contributed by atoms with van der Waals surface area (Å²) in [5, 5.41) is 0. The van der Waals surface area contributed by atoms with E-state index in [-0.39, 0.29) is 17.3 Å². The summed E-state index contributed by atoms with van der Waals surface area (Å²) in [4.78, 5) is 15.2. The third-order valence-electron chi connectivity index (χ3n) is 3.17. The second-order valence-electron chi connectivity index (χ2n) is 4.91. The summed E-state index contributed by atoms with van der Waals surface area (Å²) < 4.78 is 27.9. The van der Waals surface area contributed by atoms with Gasteiger partial charge in [-0.05, 0) is 25.7 Å². The predicted octanol–water partition coefficient (Wildman–Crippen LogP) is 1.17. The van der Waals surface area contributed by atoms with Crippen molar-refractivity contribution in [2.45, 2.75) is 32.6 Å². The minimum absolute atomic E-state index is 0.0543. The highest BCUT2D eigenvalue weighted by Gasteiger charge is 2.24. The Morgan fingerprint density at radius 1 is 1.44 bits per heavy atom. The topological polar surface area (TPSA) is 77.2 Å². The van der Waals surface area contributed by atoms with Gasteiger partial charge in [-0.3, -0.25) is 4.79 Å². The van der Waals surface area contributed by atoms with Crippen LogP contribution in [0, 0.1) is 5.92 Å². The van der Waals surface area contributed by atoms with Crippen molar-refractivity contribution in [1.29, 1.82) is 0 Å². The van der Waals surface area contributed by atoms with Crippen molar-refractivity contribution in [2.75, 3.05) is 11.5 Å². The van der Waals surface area contributed by atoms with Crippen LogP contribution in [0.15, 0.2) is 10.7 Å². The number of Topliss-reactive ketones (excluding diaryl/α,β-unsaturated/α-hetero) is 1. The summed E-state index contributed by atoms with van der Waals surface area (Å²) in [5.41, 5.74) is 0.654. The first-order valence-corrected chi connectivity index (χ1v) is 7.90. The maximum absolute atomic E-state index is 11.3. The number of carbonyl (C=O) groups is 1. The zero-order valence-corrected chi connectivity index (χ0v) is 11.2. The highest BCUT2D eigenvalue weighted by molar-refractivity contribution is 7.91. The molecule has 0 spiro atoms. The molecule has 5 nitrogen and oxygen atoms in total. The lowest BCUT2D eigenvalue weighted by atomic mass is 9.99. The van der Waals surface area contributed by atoms with Gasteiger partial charge in [0.15, 0.2) is 5.89 Å². The number of aromatic nitrogens is 1. The normalized spacial score (nSPS) is 19.8. The van der Waals surface area contributed by atoms with Gasteiger partial charge in [0.1, 0.15) is 21.9 Å². The number of hydrogen-bond acceptors (Lipinski definition) is 5. The molecule has 1 aromatic heterocycles. The predicted molar refractivity (Wildman–Crippen MR) is 66.0 cm³/mol. The van der Waals surface area contributed by atoms with Crippen LogP contribution in [0.3, 0.4) is 0 Å². The van der Waals surface area contributed by atoms with Gasteiger partial charge in [-0.25, -0.2) is 13.4 Å². The Morgan fingerprint density at radius 3 is 2.72 bits per heavy atom. The van der Waals surface area contributed by atoms with E-state index in [4.69, 9.17) is 4.42 Å². The quantitative estimate of drug-likeness (QED) is 0.821. The summed E-state index contributed by atoms with van der Waals surface area (Å²) in [6, 6.07) is 0. The van der Waals surface area contributed by atoms with Gasteiger partial charge in [0.25, 0.3) is 0 Å². The molecule has 18 heavy (non-hydrogen) atoms. The van der Waals surface area contributed by atoms with Crippen LogP contribution in [0.25, 0.3) is 0 Å². The third kappa shape index (κ3) is 3.66. The smallest absolute Gasteiger partial charge is 0.194 e. The van der Waals surface area contributed by atoms with Crippen LogP contribution in [0.5, 0.6) is 0 Å². The zero-order valence-electron chi connectivity index (χ0n) is 10.4. The Kier molecular flexibility index (Phi) is 3.85. The molecule has 1 fully saturated rings. The van der Waals surface area contributed by atoms with Gasteiger partial charge < -0.3 is 4.42 Å². The Labute approximate surface area is 107 Å². The van der Waals surface area contributed by atoms with Gasteiger partial charge in [-0.2, -0.15) is 0 Å². The van der Waals surface area contributed by atoms with Crippen molar-refractivity contribution in [2.24, 2.45) is 5.92 Å². The maximum atomic E-state index is 11.3. The van der Waals surface area contributed by atoms with E-state index < -0.39 is 9.84 Å². The second-order valence-corrected chi connectivity index (χ2v) is 7.21. The van der Waals surface area contributed by atoms with Crippen LogP contribution in [0.1, 0.15) is 31.4 Å². The number of rotatable bonds is 4. The average molecular weight is 271 g/mol. The summed E-state index contributed by atoms with van der Waals surface area (Å²) >= 11 is 0. The van der Waals surface area contributed by atoms with E-state index in [1.54, 1.807) is 0 Å². The van der Waals surface area contributed by atoms with Crippen LogP contribution in [0.4, 0.5) is 0 Å². The van der Waals surface area contributed by atoms with E-state index in [2.05, 4.69) is 4.98 Å². The van der Waals surface area contributed by atoms with Gasteiger partial charge in [0.05, 0.1) is 23.6 Å². The molecule has 0 radical (unpaired) electrons. The van der Waals surface area contributed by atoms with Gasteiger partial charge >= 0.3 is 0 Å². The molecule has 0 amide bonds. The van der Waals surface area contributed by atoms with Crippen molar-refractivity contribution >= 4 is 15.6 Å². The van der Waals surface area contributed by atoms with Crippen LogP contribution < -0.4 is 0 Å². The average Bonchev–Trinajstić information content (AvgIpc) is 2.68. The molecule has 1 saturated heterocycles. The lowest BCUT2D eigenvalue weighted by Crippen LogP contribution is -2.24. The molecule has 1 aromatic rings. The molecule has 0 N–H and O–H groups in total. The Balaban J connectivity index is 1.90. The van der Waals surface area contributed by atoms with Crippen molar-refractivity contribution in [3.8, 4) is 0 Å². The maximum Gasteiger partial charge on any atom is 0.194 e. The Morgan fingerprint density at radius 2 is 2.11 bits per heavy atom. The van der Waals surface area contributed by atoms with Crippen LogP contribution in [0.2, 0.25) is 0 Å². The summed E-state index contributed by atoms with van der Waals surface area (Å²) in [7, 11) is -2.81. The Hall–Kier alpha value is -1.17. The standard InChI is InChI=1S/C12H17NO4S/c1-9(14)6-11-8-17-12(13-11)7-10-2-4-18(15,16)5-3-10/h8,10H,2-7H2,1H3. The van der Waals surface area contributed by atoms with Crippen LogP contribution >= 0.6 is 0 Å². The molecule has 6 heteroatoms. The highest BCUT2D eigenvalue weighted by atomic mass is 32.2. The minimum Gasteiger partial charge on any atom is -0.449 e. The van der Waals surface area contributed by atoms with E-state index in [1.807, 2.05) is 0 Å². The number of hydrogen-bond donors (Lipinski definition) is 0. The molecule has 2 rings (SSSR count). The fourth-order valence-corrected chi connectivity index (χ4v) is 3.76. The molecule has 100 valence electrons. The molecule has 0 saturated carbocycles. The fourth-order valence-electron chi connectivity index (χ4n) is 2.17. The largest absolute Gasteiger partial charge is 0.449 e. The molecular formula is C12H17NO4S. The molecule has 1 aliphatic rings. The molecule has 0 atom stereocenters. The second kappa shape index (κ2) is 5.22. The summed E-state index contributed by atoms with van der Waals surface area (Å²) in [6.45, 7) is 1.51. The lowest BCUT2D eigenvalue weighted by molar-refractivity contribution is -0.116. The molecule has 0 unspecified atom stereocenters. The number of nitrogens with zero attached hydrogens (tertiary/aromatic N) is 1. The molecule has 0 aromatic carbocycles. The van der Waals surface area contributed by atoms with Gasteiger partial charge in [-0.15, -0.1) is 0 Å². The van der Waals surface area contributed by atoms with Crippen LogP contribution in [-0.2, 0) is 27.5 Å². The SMILES string of the molecule is CC(=O)Cc1coc(CC2CCS(=O)(=O)CC2)n1. The first-order chi connectivity index (χ1) is 8.44. The molecular weight excluding hydrogens is 254 g/mol. The first kappa shape index (κ1) is 13.3. The minimum atomic E-state index is -2.81. The van der Waals surface area contributed by atoms with E-state index in [0.29, 0.717) is 43.2 Å². The fraction of sp³-hybridized carbons (Fsp3) is 0.667. The number of oxazole rings is 1. The number of carbonyl (C=O) groups excluding carboxylic acids is 1. The van der Waals surface area contributed by atoms with Crippen molar-refractivity contribution < 1.29 is 17.6 Å². The third-order valence-corrected chi connectivity index (χ3v) is 4.88. The van der Waals surface area contributed by atoms with Gasteiger partial charge in [0.2, 0.25) is 0 Å². The van der Waals surface area contributed by atoms with E-state index in [9.17, 15) is 13.2 Å². The summed E-state index contributed by atoms with van der Waals surface area (Å²) in [6.07, 6.45) is 3.81. The van der Waals surface area contributed by atoms with Crippen molar-refractivity contribution in [1.82, 2.24) is 4.98 Å². The zero-order chi connectivity index (χ0) is 13.2. The van der Waals surface area contributed by atoms with Gasteiger partial charge in [0, 0.05) is 6.42 Å². The molecule has 0 aliphatic carbocycles. The summed E-state index contributed by atoms with van der Waals surface area (Å²) in [5.74, 6) is 1.50. The lowest BCUT2D eigenvalue weighted by Gasteiger charge is -2.20. The van der Waals surface area contributed by atoms with Crippen LogP contribution in [-0.4, -0.2) is 30.7 Å². The molecule has 0 bridgehead atoms. The monoisotopic (exact) mass is 271 g/mol. The van der Waals surface area contributed by atoms with E-state index in [1.165, 1.54) is 13.2 Å². The Bertz CT molecular complexity index is 518. The molecule has 2 heterocycles. The van der Waals surface area contributed by atoms with Crippen molar-refractivity contribution in [3.63, 3.8) is 0 Å². The highest BCUT2D eigenvalue weighted by Crippen LogP contribution is 2.22.